The second-order valence-corrected chi connectivity index (χ2v) is 6.68. The van der Waals surface area contributed by atoms with Gasteiger partial charge in [0.2, 0.25) is 10.0 Å². The van der Waals surface area contributed by atoms with Gasteiger partial charge in [0.05, 0.1) is 16.5 Å². The second-order valence-electron chi connectivity index (χ2n) is 4.74. The number of hydrogen-bond acceptors (Lipinski definition) is 4. The third-order valence-electron chi connectivity index (χ3n) is 3.44. The van der Waals surface area contributed by atoms with E-state index in [9.17, 15) is 8.42 Å². The van der Waals surface area contributed by atoms with Gasteiger partial charge < -0.3 is 5.73 Å². The highest BCUT2D eigenvalue weighted by Crippen LogP contribution is 2.23. The van der Waals surface area contributed by atoms with E-state index in [2.05, 4.69) is 0 Å². The topological polar surface area (TPSA) is 87.2 Å². The minimum atomic E-state index is -3.46. The molecule has 1 aromatic rings. The van der Waals surface area contributed by atoms with Crippen LogP contribution >= 0.6 is 12.4 Å². The van der Waals surface area contributed by atoms with Crippen LogP contribution in [0.25, 0.3) is 0 Å². The van der Waals surface area contributed by atoms with E-state index >= 15 is 0 Å². The second kappa shape index (κ2) is 7.04. The standard InChI is InChI=1S/C13H17N3O2S.ClH/c14-8-11-3-5-13(6-4-11)19(17,18)16-7-1-2-12(9-15)10-16;/h3-6,12H,1-2,7,9-10,15H2;1H. The minimum absolute atomic E-state index is 0. The quantitative estimate of drug-likeness (QED) is 0.911. The van der Waals surface area contributed by atoms with Crippen molar-refractivity contribution in [1.82, 2.24) is 4.31 Å². The van der Waals surface area contributed by atoms with Gasteiger partial charge in [-0.05, 0) is 49.6 Å². The maximum atomic E-state index is 12.5. The number of benzene rings is 1. The van der Waals surface area contributed by atoms with Crippen molar-refractivity contribution < 1.29 is 8.42 Å². The van der Waals surface area contributed by atoms with Crippen LogP contribution in [0, 0.1) is 17.2 Å². The molecule has 0 bridgehead atoms. The molecule has 0 aliphatic carbocycles. The number of nitrogens with zero attached hydrogens (tertiary/aromatic N) is 2. The van der Waals surface area contributed by atoms with E-state index < -0.39 is 10.0 Å². The van der Waals surface area contributed by atoms with Crippen LogP contribution in [0.3, 0.4) is 0 Å². The molecule has 0 aromatic heterocycles. The largest absolute Gasteiger partial charge is 0.330 e. The highest BCUT2D eigenvalue weighted by Gasteiger charge is 2.29. The van der Waals surface area contributed by atoms with Gasteiger partial charge in [-0.3, -0.25) is 0 Å². The van der Waals surface area contributed by atoms with Crippen molar-refractivity contribution in [3.63, 3.8) is 0 Å². The van der Waals surface area contributed by atoms with E-state index in [0.29, 0.717) is 25.2 Å². The summed E-state index contributed by atoms with van der Waals surface area (Å²) in [5, 5.41) is 8.72. The fourth-order valence-corrected chi connectivity index (χ4v) is 3.84. The Kier molecular flexibility index (Phi) is 5.96. The van der Waals surface area contributed by atoms with Crippen LogP contribution in [0.1, 0.15) is 18.4 Å². The van der Waals surface area contributed by atoms with Gasteiger partial charge in [-0.25, -0.2) is 8.42 Å². The lowest BCUT2D eigenvalue weighted by atomic mass is 10.0. The molecule has 1 unspecified atom stereocenters. The zero-order valence-corrected chi connectivity index (χ0v) is 12.7. The maximum Gasteiger partial charge on any atom is 0.243 e. The van der Waals surface area contributed by atoms with E-state index in [1.54, 1.807) is 0 Å². The summed E-state index contributed by atoms with van der Waals surface area (Å²) in [4.78, 5) is 0.240. The number of nitriles is 1. The summed E-state index contributed by atoms with van der Waals surface area (Å²) in [5.74, 6) is 0.238. The molecule has 110 valence electrons. The third-order valence-corrected chi connectivity index (χ3v) is 5.32. The van der Waals surface area contributed by atoms with E-state index in [-0.39, 0.29) is 23.2 Å². The average molecular weight is 316 g/mol. The lowest BCUT2D eigenvalue weighted by Gasteiger charge is -2.31. The van der Waals surface area contributed by atoms with Gasteiger partial charge in [0.15, 0.2) is 0 Å². The Balaban J connectivity index is 0.00000200. The first-order valence-corrected chi connectivity index (χ1v) is 7.72. The van der Waals surface area contributed by atoms with E-state index in [4.69, 9.17) is 11.0 Å². The lowest BCUT2D eigenvalue weighted by molar-refractivity contribution is 0.271. The zero-order chi connectivity index (χ0) is 13.9. The van der Waals surface area contributed by atoms with Gasteiger partial charge in [0.25, 0.3) is 0 Å². The molecule has 1 heterocycles. The fourth-order valence-electron chi connectivity index (χ4n) is 2.29. The molecule has 0 saturated carbocycles. The number of sulfonamides is 1. The Morgan fingerprint density at radius 1 is 1.35 bits per heavy atom. The van der Waals surface area contributed by atoms with Gasteiger partial charge in [-0.15, -0.1) is 12.4 Å². The first-order valence-electron chi connectivity index (χ1n) is 6.28. The predicted octanol–water partition coefficient (Wildman–Crippen LogP) is 1.34. The van der Waals surface area contributed by atoms with Crippen molar-refractivity contribution in [2.45, 2.75) is 17.7 Å². The van der Waals surface area contributed by atoms with Gasteiger partial charge >= 0.3 is 0 Å². The fraction of sp³-hybridized carbons (Fsp3) is 0.462. The normalized spacial score (nSPS) is 19.9. The van der Waals surface area contributed by atoms with E-state index in [1.165, 1.54) is 28.6 Å². The number of piperidine rings is 1. The third kappa shape index (κ3) is 3.49. The maximum absolute atomic E-state index is 12.5. The Morgan fingerprint density at radius 2 is 2.00 bits per heavy atom. The van der Waals surface area contributed by atoms with Crippen molar-refractivity contribution >= 4 is 22.4 Å². The van der Waals surface area contributed by atoms with Crippen LogP contribution in [0.4, 0.5) is 0 Å². The summed E-state index contributed by atoms with van der Waals surface area (Å²) in [6, 6.07) is 8.00. The van der Waals surface area contributed by atoms with Crippen LogP contribution < -0.4 is 5.73 Å². The van der Waals surface area contributed by atoms with Crippen LogP contribution in [0.2, 0.25) is 0 Å². The summed E-state index contributed by atoms with van der Waals surface area (Å²) in [6.45, 7) is 1.54. The van der Waals surface area contributed by atoms with Crippen LogP contribution in [-0.4, -0.2) is 32.4 Å². The molecule has 1 aliphatic rings. The lowest BCUT2D eigenvalue weighted by Crippen LogP contribution is -2.41. The predicted molar refractivity (Wildman–Crippen MR) is 78.9 cm³/mol. The molecule has 2 rings (SSSR count). The van der Waals surface area contributed by atoms with Crippen molar-refractivity contribution in [3.05, 3.63) is 29.8 Å². The summed E-state index contributed by atoms with van der Waals surface area (Å²) >= 11 is 0. The van der Waals surface area contributed by atoms with Crippen molar-refractivity contribution in [2.24, 2.45) is 11.7 Å². The molecule has 1 atom stereocenters. The molecule has 5 nitrogen and oxygen atoms in total. The molecular formula is C13H18ClN3O2S. The van der Waals surface area contributed by atoms with E-state index in [0.717, 1.165) is 12.8 Å². The Hall–Kier alpha value is -1.13. The highest BCUT2D eigenvalue weighted by atomic mass is 35.5. The Bertz CT molecular complexity index is 581. The van der Waals surface area contributed by atoms with Crippen molar-refractivity contribution in [2.75, 3.05) is 19.6 Å². The first-order chi connectivity index (χ1) is 9.07. The van der Waals surface area contributed by atoms with Crippen LogP contribution in [0.5, 0.6) is 0 Å². The van der Waals surface area contributed by atoms with E-state index in [1.807, 2.05) is 6.07 Å². The number of nitrogens with two attached hydrogens (primary N) is 1. The smallest absolute Gasteiger partial charge is 0.243 e. The summed E-state index contributed by atoms with van der Waals surface area (Å²) < 4.78 is 26.4. The number of halogens is 1. The van der Waals surface area contributed by atoms with Crippen LogP contribution in [-0.2, 0) is 10.0 Å². The summed E-state index contributed by atoms with van der Waals surface area (Å²) in [6.07, 6.45) is 1.83. The zero-order valence-electron chi connectivity index (χ0n) is 11.0. The SMILES string of the molecule is Cl.N#Cc1ccc(S(=O)(=O)N2CCCC(CN)C2)cc1. The molecule has 0 amide bonds. The van der Waals surface area contributed by atoms with Gasteiger partial charge in [0, 0.05) is 13.1 Å². The number of rotatable bonds is 3. The molecule has 1 saturated heterocycles. The molecule has 0 radical (unpaired) electrons. The Morgan fingerprint density at radius 3 is 2.55 bits per heavy atom. The van der Waals surface area contributed by atoms with Crippen molar-refractivity contribution in [3.8, 4) is 6.07 Å². The Labute approximate surface area is 125 Å². The molecule has 20 heavy (non-hydrogen) atoms. The molecule has 1 fully saturated rings. The highest BCUT2D eigenvalue weighted by molar-refractivity contribution is 7.89. The molecular weight excluding hydrogens is 298 g/mol. The molecule has 2 N–H and O–H groups in total. The number of hydrogen-bond donors (Lipinski definition) is 1. The van der Waals surface area contributed by atoms with Gasteiger partial charge in [0.1, 0.15) is 0 Å². The minimum Gasteiger partial charge on any atom is -0.330 e. The van der Waals surface area contributed by atoms with Crippen LogP contribution in [0.15, 0.2) is 29.2 Å². The molecule has 0 spiro atoms. The average Bonchev–Trinajstić information content (AvgIpc) is 2.47. The molecule has 1 aliphatic heterocycles. The van der Waals surface area contributed by atoms with Gasteiger partial charge in [-0.2, -0.15) is 9.57 Å². The molecule has 7 heteroatoms. The van der Waals surface area contributed by atoms with Gasteiger partial charge in [-0.1, -0.05) is 0 Å². The monoisotopic (exact) mass is 315 g/mol. The first kappa shape index (κ1) is 16.9. The summed E-state index contributed by atoms with van der Waals surface area (Å²) in [5.41, 5.74) is 6.08. The molecule has 1 aromatic carbocycles. The van der Waals surface area contributed by atoms with Crippen molar-refractivity contribution in [1.29, 1.82) is 5.26 Å². The summed E-state index contributed by atoms with van der Waals surface area (Å²) in [7, 11) is -3.46.